The van der Waals surface area contributed by atoms with Crippen LogP contribution in [0.4, 0.5) is 14.5 Å². The summed E-state index contributed by atoms with van der Waals surface area (Å²) >= 11 is 3.17. The summed E-state index contributed by atoms with van der Waals surface area (Å²) in [7, 11) is 0. The molecule has 0 heterocycles. The highest BCUT2D eigenvalue weighted by Gasteiger charge is 2.09. The molecule has 0 aliphatic carbocycles. The monoisotopic (exact) mass is 347 g/mol. The summed E-state index contributed by atoms with van der Waals surface area (Å²) in [6.45, 7) is 0.464. The molecule has 0 amide bonds. The van der Waals surface area contributed by atoms with Gasteiger partial charge in [0.2, 0.25) is 0 Å². The molecule has 3 rings (SSSR count). The van der Waals surface area contributed by atoms with Crippen LogP contribution < -0.4 is 5.32 Å². The zero-order valence-electron chi connectivity index (χ0n) is 11.0. The molecule has 106 valence electrons. The molecule has 0 atom stereocenters. The molecular formula is C17H12BrF2N. The Kier molecular flexibility index (Phi) is 3.88. The summed E-state index contributed by atoms with van der Waals surface area (Å²) in [5.41, 5.74) is 1.30. The van der Waals surface area contributed by atoms with Crippen molar-refractivity contribution in [3.05, 3.63) is 76.3 Å². The molecule has 4 heteroatoms. The number of hydrogen-bond acceptors (Lipinski definition) is 1. The molecule has 0 saturated carbocycles. The standard InChI is InChI=1S/C17H12BrF2N/c18-15-8-14(19)9-16(20)17(15)21-10-11-5-6-12-3-1-2-4-13(12)7-11/h1-9,21H,10H2. The molecular weight excluding hydrogens is 336 g/mol. The average Bonchev–Trinajstić information content (AvgIpc) is 2.46. The number of halogens is 3. The zero-order valence-corrected chi connectivity index (χ0v) is 12.6. The summed E-state index contributed by atoms with van der Waals surface area (Å²) in [6.07, 6.45) is 0. The highest BCUT2D eigenvalue weighted by molar-refractivity contribution is 9.10. The Balaban J connectivity index is 1.83. The Hall–Kier alpha value is -1.94. The van der Waals surface area contributed by atoms with Gasteiger partial charge in [-0.3, -0.25) is 0 Å². The van der Waals surface area contributed by atoms with E-state index in [1.54, 1.807) is 0 Å². The van der Waals surface area contributed by atoms with Crippen LogP contribution in [0.1, 0.15) is 5.56 Å². The predicted octanol–water partition coefficient (Wildman–Crippen LogP) is 5.49. The topological polar surface area (TPSA) is 12.0 Å². The second-order valence-electron chi connectivity index (χ2n) is 4.78. The Morgan fingerprint density at radius 1 is 0.905 bits per heavy atom. The molecule has 0 unspecified atom stereocenters. The van der Waals surface area contributed by atoms with Crippen LogP contribution in [-0.2, 0) is 6.54 Å². The second kappa shape index (κ2) is 5.82. The first kappa shape index (κ1) is 14.0. The molecule has 3 aromatic carbocycles. The fourth-order valence-corrected chi connectivity index (χ4v) is 2.80. The summed E-state index contributed by atoms with van der Waals surface area (Å²) in [5, 5.41) is 5.30. The summed E-state index contributed by atoms with van der Waals surface area (Å²) in [6, 6.07) is 16.2. The first-order valence-corrected chi connectivity index (χ1v) is 7.29. The normalized spacial score (nSPS) is 10.8. The molecule has 0 aromatic heterocycles. The summed E-state index contributed by atoms with van der Waals surface area (Å²) in [5.74, 6) is -1.21. The maximum Gasteiger partial charge on any atom is 0.150 e. The van der Waals surface area contributed by atoms with Crippen LogP contribution in [0.25, 0.3) is 10.8 Å². The number of anilines is 1. The van der Waals surface area contributed by atoms with E-state index in [1.165, 1.54) is 6.07 Å². The average molecular weight is 348 g/mol. The van der Waals surface area contributed by atoms with Crippen molar-refractivity contribution in [3.8, 4) is 0 Å². The smallest absolute Gasteiger partial charge is 0.150 e. The van der Waals surface area contributed by atoms with Gasteiger partial charge >= 0.3 is 0 Å². The van der Waals surface area contributed by atoms with Gasteiger partial charge < -0.3 is 5.32 Å². The molecule has 21 heavy (non-hydrogen) atoms. The molecule has 0 fully saturated rings. The maximum absolute atomic E-state index is 13.7. The molecule has 1 N–H and O–H groups in total. The molecule has 0 aliphatic rings. The molecule has 0 spiro atoms. The third-order valence-electron chi connectivity index (χ3n) is 3.29. The van der Waals surface area contributed by atoms with E-state index in [-0.39, 0.29) is 5.69 Å². The SMILES string of the molecule is Fc1cc(F)c(NCc2ccc3ccccc3c2)c(Br)c1. The fourth-order valence-electron chi connectivity index (χ4n) is 2.25. The first-order valence-electron chi connectivity index (χ1n) is 6.49. The first-order chi connectivity index (χ1) is 10.1. The fraction of sp³-hybridized carbons (Fsp3) is 0.0588. The Morgan fingerprint density at radius 3 is 2.43 bits per heavy atom. The molecule has 0 radical (unpaired) electrons. The molecule has 3 aromatic rings. The lowest BCUT2D eigenvalue weighted by Crippen LogP contribution is -2.03. The number of rotatable bonds is 3. The van der Waals surface area contributed by atoms with Crippen LogP contribution in [0.3, 0.4) is 0 Å². The van der Waals surface area contributed by atoms with Crippen LogP contribution in [-0.4, -0.2) is 0 Å². The van der Waals surface area contributed by atoms with Crippen molar-refractivity contribution in [1.29, 1.82) is 0 Å². The molecule has 0 aliphatic heterocycles. The summed E-state index contributed by atoms with van der Waals surface area (Å²) < 4.78 is 27.2. The number of benzene rings is 3. The minimum atomic E-state index is -0.609. The lowest BCUT2D eigenvalue weighted by molar-refractivity contribution is 0.583. The molecule has 0 saturated heterocycles. The third kappa shape index (κ3) is 3.05. The van der Waals surface area contributed by atoms with Crippen molar-refractivity contribution in [1.82, 2.24) is 0 Å². The van der Waals surface area contributed by atoms with E-state index in [1.807, 2.05) is 36.4 Å². The predicted molar refractivity (Wildman–Crippen MR) is 85.3 cm³/mol. The molecule has 1 nitrogen and oxygen atoms in total. The van der Waals surface area contributed by atoms with Crippen molar-refractivity contribution in [2.24, 2.45) is 0 Å². The van der Waals surface area contributed by atoms with Gasteiger partial charge in [-0.2, -0.15) is 0 Å². The van der Waals surface area contributed by atoms with Crippen LogP contribution >= 0.6 is 15.9 Å². The maximum atomic E-state index is 13.7. The summed E-state index contributed by atoms with van der Waals surface area (Å²) in [4.78, 5) is 0. The van der Waals surface area contributed by atoms with Crippen molar-refractivity contribution < 1.29 is 8.78 Å². The molecule has 0 bridgehead atoms. The zero-order chi connectivity index (χ0) is 14.8. The Morgan fingerprint density at radius 2 is 1.67 bits per heavy atom. The van der Waals surface area contributed by atoms with Gasteiger partial charge in [-0.25, -0.2) is 8.78 Å². The van der Waals surface area contributed by atoms with E-state index in [4.69, 9.17) is 0 Å². The van der Waals surface area contributed by atoms with Crippen LogP contribution in [0, 0.1) is 11.6 Å². The van der Waals surface area contributed by atoms with Crippen LogP contribution in [0.5, 0.6) is 0 Å². The minimum Gasteiger partial charge on any atom is -0.378 e. The highest BCUT2D eigenvalue weighted by atomic mass is 79.9. The van der Waals surface area contributed by atoms with Gasteiger partial charge in [-0.05, 0) is 44.4 Å². The van der Waals surface area contributed by atoms with Crippen LogP contribution in [0.2, 0.25) is 0 Å². The van der Waals surface area contributed by atoms with Crippen LogP contribution in [0.15, 0.2) is 59.1 Å². The van der Waals surface area contributed by atoms with Gasteiger partial charge in [0.25, 0.3) is 0 Å². The van der Waals surface area contributed by atoms with Crippen molar-refractivity contribution in [3.63, 3.8) is 0 Å². The Bertz CT molecular complexity index is 779. The van der Waals surface area contributed by atoms with E-state index in [0.29, 0.717) is 11.0 Å². The number of nitrogens with one attached hydrogen (secondary N) is 1. The second-order valence-corrected chi connectivity index (χ2v) is 5.63. The largest absolute Gasteiger partial charge is 0.378 e. The van der Waals surface area contributed by atoms with Gasteiger partial charge in [-0.15, -0.1) is 0 Å². The lowest BCUT2D eigenvalue weighted by Gasteiger charge is -2.10. The van der Waals surface area contributed by atoms with Gasteiger partial charge in [-0.1, -0.05) is 36.4 Å². The lowest BCUT2D eigenvalue weighted by atomic mass is 10.1. The van der Waals surface area contributed by atoms with Crippen molar-refractivity contribution in [2.75, 3.05) is 5.32 Å². The van der Waals surface area contributed by atoms with E-state index < -0.39 is 11.6 Å². The minimum absolute atomic E-state index is 0.268. The van der Waals surface area contributed by atoms with E-state index in [9.17, 15) is 8.78 Å². The van der Waals surface area contributed by atoms with Crippen molar-refractivity contribution in [2.45, 2.75) is 6.54 Å². The van der Waals surface area contributed by atoms with E-state index in [2.05, 4.69) is 27.3 Å². The van der Waals surface area contributed by atoms with Crippen molar-refractivity contribution >= 4 is 32.4 Å². The highest BCUT2D eigenvalue weighted by Crippen LogP contribution is 2.27. The van der Waals surface area contributed by atoms with E-state index >= 15 is 0 Å². The quantitative estimate of drug-likeness (QED) is 0.660. The van der Waals surface area contributed by atoms with Gasteiger partial charge in [0.15, 0.2) is 0 Å². The number of hydrogen-bond donors (Lipinski definition) is 1. The number of fused-ring (bicyclic) bond motifs is 1. The third-order valence-corrected chi connectivity index (χ3v) is 3.92. The Labute approximate surface area is 129 Å². The van der Waals surface area contributed by atoms with Gasteiger partial charge in [0, 0.05) is 17.1 Å². The van der Waals surface area contributed by atoms with Gasteiger partial charge in [0.1, 0.15) is 11.6 Å². The van der Waals surface area contributed by atoms with Gasteiger partial charge in [0.05, 0.1) is 5.69 Å². The van der Waals surface area contributed by atoms with E-state index in [0.717, 1.165) is 22.4 Å².